The predicted molar refractivity (Wildman–Crippen MR) is 136 cm³/mol. The number of aryl methyl sites for hydroxylation is 2. The van der Waals surface area contributed by atoms with E-state index in [1.54, 1.807) is 12.1 Å². The van der Waals surface area contributed by atoms with Gasteiger partial charge in [-0.05, 0) is 67.3 Å². The van der Waals surface area contributed by atoms with Crippen molar-refractivity contribution < 1.29 is 14.3 Å². The molecule has 174 valence electrons. The Hall–Kier alpha value is -3.75. The molecule has 0 spiro atoms. The quantitative estimate of drug-likeness (QED) is 0.275. The number of nitrogens with zero attached hydrogens (tertiary/aromatic N) is 1. The molecule has 0 heterocycles. The van der Waals surface area contributed by atoms with E-state index in [0.717, 1.165) is 17.5 Å². The summed E-state index contributed by atoms with van der Waals surface area (Å²) in [5, 5.41) is 12.7. The van der Waals surface area contributed by atoms with E-state index in [2.05, 4.69) is 12.2 Å². The van der Waals surface area contributed by atoms with Gasteiger partial charge >= 0.3 is 0 Å². The first kappa shape index (κ1) is 24.9. The van der Waals surface area contributed by atoms with Crippen molar-refractivity contribution in [2.24, 2.45) is 0 Å². The van der Waals surface area contributed by atoms with Crippen LogP contribution in [0, 0.1) is 18.3 Å². The number of rotatable bonds is 9. The van der Waals surface area contributed by atoms with Gasteiger partial charge in [0.1, 0.15) is 18.2 Å². The third-order valence-electron chi connectivity index (χ3n) is 5.13. The fourth-order valence-electron chi connectivity index (χ4n) is 3.25. The van der Waals surface area contributed by atoms with Crippen molar-refractivity contribution >= 4 is 29.3 Å². The van der Waals surface area contributed by atoms with Crippen LogP contribution in [0.4, 0.5) is 5.69 Å². The van der Waals surface area contributed by atoms with Gasteiger partial charge in [-0.15, -0.1) is 0 Å². The predicted octanol–water partition coefficient (Wildman–Crippen LogP) is 6.73. The third-order valence-corrected chi connectivity index (χ3v) is 5.41. The van der Waals surface area contributed by atoms with Crippen LogP contribution in [0.3, 0.4) is 0 Å². The van der Waals surface area contributed by atoms with E-state index in [1.807, 2.05) is 68.4 Å². The van der Waals surface area contributed by atoms with E-state index in [1.165, 1.54) is 11.6 Å². The molecule has 0 unspecified atom stereocenters. The topological polar surface area (TPSA) is 71.3 Å². The number of carbonyl (C=O) groups is 1. The highest BCUT2D eigenvalue weighted by atomic mass is 35.5. The monoisotopic (exact) mass is 474 g/mol. The number of amides is 1. The number of hydrogen-bond donors (Lipinski definition) is 1. The minimum Gasteiger partial charge on any atom is -0.490 e. The Labute approximate surface area is 205 Å². The van der Waals surface area contributed by atoms with Gasteiger partial charge in [0.25, 0.3) is 5.91 Å². The Morgan fingerprint density at radius 1 is 1.03 bits per heavy atom. The molecule has 0 saturated carbocycles. The Bertz CT molecular complexity index is 1210. The normalized spacial score (nSPS) is 11.0. The molecular formula is C28H27ClN2O3. The van der Waals surface area contributed by atoms with Gasteiger partial charge in [-0.3, -0.25) is 4.79 Å². The zero-order chi connectivity index (χ0) is 24.5. The second-order valence-corrected chi connectivity index (χ2v) is 8.12. The van der Waals surface area contributed by atoms with Crippen molar-refractivity contribution in [3.05, 3.63) is 93.5 Å². The average Bonchev–Trinajstić information content (AvgIpc) is 2.83. The molecule has 6 heteroatoms. The summed E-state index contributed by atoms with van der Waals surface area (Å²) in [5.41, 5.74) is 4.47. The highest BCUT2D eigenvalue weighted by Crippen LogP contribution is 2.38. The van der Waals surface area contributed by atoms with Gasteiger partial charge < -0.3 is 14.8 Å². The van der Waals surface area contributed by atoms with Gasteiger partial charge in [-0.25, -0.2) is 0 Å². The van der Waals surface area contributed by atoms with Crippen LogP contribution in [0.2, 0.25) is 5.02 Å². The Balaban J connectivity index is 1.81. The first-order valence-corrected chi connectivity index (χ1v) is 11.5. The zero-order valence-electron chi connectivity index (χ0n) is 19.5. The minimum absolute atomic E-state index is 0.0496. The first-order chi connectivity index (χ1) is 16.4. The number of benzene rings is 3. The van der Waals surface area contributed by atoms with Crippen LogP contribution in [-0.4, -0.2) is 12.5 Å². The molecule has 0 aliphatic carbocycles. The lowest BCUT2D eigenvalue weighted by molar-refractivity contribution is -0.112. The maximum Gasteiger partial charge on any atom is 0.266 e. The average molecular weight is 475 g/mol. The fourth-order valence-corrected chi connectivity index (χ4v) is 3.53. The number of carbonyl (C=O) groups excluding carboxylic acids is 1. The van der Waals surface area contributed by atoms with Crippen molar-refractivity contribution in [3.63, 3.8) is 0 Å². The van der Waals surface area contributed by atoms with E-state index in [9.17, 15) is 10.1 Å². The number of ether oxygens (including phenoxy) is 2. The molecule has 3 rings (SSSR count). The van der Waals surface area contributed by atoms with Crippen molar-refractivity contribution in [1.29, 1.82) is 5.26 Å². The molecule has 0 bridgehead atoms. The Morgan fingerprint density at radius 2 is 1.71 bits per heavy atom. The van der Waals surface area contributed by atoms with Crippen LogP contribution in [0.1, 0.15) is 36.1 Å². The molecule has 0 atom stereocenters. The summed E-state index contributed by atoms with van der Waals surface area (Å²) in [7, 11) is 0. The number of halogens is 1. The van der Waals surface area contributed by atoms with E-state index in [4.69, 9.17) is 21.1 Å². The molecule has 0 radical (unpaired) electrons. The lowest BCUT2D eigenvalue weighted by Gasteiger charge is -2.15. The first-order valence-electron chi connectivity index (χ1n) is 11.1. The molecule has 3 aromatic carbocycles. The van der Waals surface area contributed by atoms with Crippen LogP contribution in [0.5, 0.6) is 11.5 Å². The van der Waals surface area contributed by atoms with Crippen molar-refractivity contribution in [1.82, 2.24) is 0 Å². The van der Waals surface area contributed by atoms with E-state index < -0.39 is 5.91 Å². The Kier molecular flexibility index (Phi) is 8.73. The van der Waals surface area contributed by atoms with Crippen molar-refractivity contribution in [2.45, 2.75) is 33.8 Å². The molecule has 34 heavy (non-hydrogen) atoms. The smallest absolute Gasteiger partial charge is 0.266 e. The zero-order valence-corrected chi connectivity index (χ0v) is 20.3. The molecule has 5 nitrogen and oxygen atoms in total. The fraction of sp³-hybridized carbons (Fsp3) is 0.214. The highest BCUT2D eigenvalue weighted by Gasteiger charge is 2.15. The van der Waals surface area contributed by atoms with Crippen LogP contribution in [-0.2, 0) is 17.8 Å². The molecule has 0 aliphatic rings. The van der Waals surface area contributed by atoms with Crippen molar-refractivity contribution in [2.75, 3.05) is 11.9 Å². The van der Waals surface area contributed by atoms with Gasteiger partial charge in [0.2, 0.25) is 0 Å². The second-order valence-electron chi connectivity index (χ2n) is 7.71. The summed E-state index contributed by atoms with van der Waals surface area (Å²) in [6, 6.07) is 20.9. The van der Waals surface area contributed by atoms with Crippen LogP contribution in [0.25, 0.3) is 6.08 Å². The molecule has 1 N–H and O–H groups in total. The van der Waals surface area contributed by atoms with Crippen LogP contribution < -0.4 is 14.8 Å². The molecular weight excluding hydrogens is 448 g/mol. The van der Waals surface area contributed by atoms with Crippen LogP contribution >= 0.6 is 11.6 Å². The number of nitriles is 1. The maximum atomic E-state index is 12.7. The number of hydrogen-bond acceptors (Lipinski definition) is 4. The summed E-state index contributed by atoms with van der Waals surface area (Å²) in [4.78, 5) is 12.7. The summed E-state index contributed by atoms with van der Waals surface area (Å²) >= 11 is 6.51. The van der Waals surface area contributed by atoms with Gasteiger partial charge in [0.15, 0.2) is 11.5 Å². The lowest BCUT2D eigenvalue weighted by atomic mass is 10.1. The molecule has 0 aliphatic heterocycles. The van der Waals surface area contributed by atoms with Gasteiger partial charge in [-0.2, -0.15) is 5.26 Å². The third kappa shape index (κ3) is 6.63. The summed E-state index contributed by atoms with van der Waals surface area (Å²) in [6.45, 7) is 6.68. The lowest BCUT2D eigenvalue weighted by Crippen LogP contribution is -2.13. The summed E-state index contributed by atoms with van der Waals surface area (Å²) < 4.78 is 11.7. The molecule has 3 aromatic rings. The van der Waals surface area contributed by atoms with E-state index >= 15 is 0 Å². The standard InChI is InChI=1S/C28H27ClN2O3/c1-4-20-10-12-24(13-11-20)31-28(32)23(17-30)14-22-15-25(29)27(26(16-22)33-5-2)34-18-21-8-6-19(3)7-9-21/h6-16H,4-5,18H2,1-3H3,(H,31,32)/b23-14+. The Morgan fingerprint density at radius 3 is 2.32 bits per heavy atom. The van der Waals surface area contributed by atoms with Gasteiger partial charge in [-0.1, -0.05) is 60.5 Å². The van der Waals surface area contributed by atoms with E-state index in [-0.39, 0.29) is 5.57 Å². The highest BCUT2D eigenvalue weighted by molar-refractivity contribution is 6.32. The van der Waals surface area contributed by atoms with E-state index in [0.29, 0.717) is 41.0 Å². The largest absolute Gasteiger partial charge is 0.490 e. The van der Waals surface area contributed by atoms with Crippen LogP contribution in [0.15, 0.2) is 66.2 Å². The minimum atomic E-state index is -0.500. The molecule has 0 aromatic heterocycles. The SMILES string of the molecule is CCOc1cc(/C=C(\C#N)C(=O)Nc2ccc(CC)cc2)cc(Cl)c1OCc1ccc(C)cc1. The van der Waals surface area contributed by atoms with Gasteiger partial charge in [0, 0.05) is 5.69 Å². The molecule has 1 amide bonds. The summed E-state index contributed by atoms with van der Waals surface area (Å²) in [6.07, 6.45) is 2.39. The van der Waals surface area contributed by atoms with Gasteiger partial charge in [0.05, 0.1) is 11.6 Å². The summed E-state index contributed by atoms with van der Waals surface area (Å²) in [5.74, 6) is 0.363. The van der Waals surface area contributed by atoms with Crippen molar-refractivity contribution in [3.8, 4) is 17.6 Å². The molecule has 0 fully saturated rings. The second kappa shape index (κ2) is 11.9. The maximum absolute atomic E-state index is 12.7. The molecule has 0 saturated heterocycles. The number of nitrogens with one attached hydrogen (secondary N) is 1. The number of anilines is 1.